The Bertz CT molecular complexity index is 2590. The summed E-state index contributed by atoms with van der Waals surface area (Å²) < 4.78 is 71.5. The summed E-state index contributed by atoms with van der Waals surface area (Å²) in [5, 5.41) is 0. The Balaban J connectivity index is 1.11. The molecule has 0 aromatic carbocycles. The van der Waals surface area contributed by atoms with Gasteiger partial charge in [-0.2, -0.15) is 0 Å². The van der Waals surface area contributed by atoms with Crippen LogP contribution in [-0.4, -0.2) is 120 Å². The molecule has 0 radical (unpaired) electrons. The van der Waals surface area contributed by atoms with E-state index < -0.39 is 46.5 Å². The third-order valence-electron chi connectivity index (χ3n) is 17.0. The van der Waals surface area contributed by atoms with Crippen molar-refractivity contribution >= 4 is 34.5 Å². The topological polar surface area (TPSA) is 152 Å². The number of rotatable bonds is 16. The van der Waals surface area contributed by atoms with Gasteiger partial charge in [0.25, 0.3) is 0 Å². The van der Waals surface area contributed by atoms with Gasteiger partial charge in [-0.1, -0.05) is 123 Å². The number of allylic oxidation sites excluding steroid dienone is 2. The lowest BCUT2D eigenvalue weighted by atomic mass is 9.79. The number of nitrogens with zero attached hydrogens (tertiary/aromatic N) is 2. The van der Waals surface area contributed by atoms with Crippen molar-refractivity contribution in [1.82, 2.24) is 9.97 Å². The Morgan fingerprint density at radius 3 is 2.33 bits per heavy atom. The highest BCUT2D eigenvalue weighted by molar-refractivity contribution is 6.83. The second kappa shape index (κ2) is 28.7. The molecule has 0 unspecified atom stereocenters. The summed E-state index contributed by atoms with van der Waals surface area (Å²) in [5.41, 5.74) is 8.27. The number of hydrogen-bond donors (Lipinski definition) is 0. The predicted octanol–water partition coefficient (Wildman–Crippen LogP) is 14.2. The van der Waals surface area contributed by atoms with Gasteiger partial charge >= 0.3 is 5.97 Å². The number of carbonyl (C=O) groups excluding carboxylic acids is 1. The van der Waals surface area contributed by atoms with Crippen LogP contribution in [0.3, 0.4) is 0 Å². The number of ether oxygens (including phenoxy) is 8. The summed E-state index contributed by atoms with van der Waals surface area (Å²) in [6.07, 6.45) is 22.6. The van der Waals surface area contributed by atoms with Gasteiger partial charge in [0.2, 0.25) is 20.5 Å². The van der Waals surface area contributed by atoms with Gasteiger partial charge in [0.15, 0.2) is 5.89 Å². The zero-order valence-corrected chi connectivity index (χ0v) is 53.8. The molecule has 0 spiro atoms. The zero-order valence-electron chi connectivity index (χ0n) is 51.8. The molecule has 8 bridgehead atoms. The van der Waals surface area contributed by atoms with Crippen LogP contribution in [0.15, 0.2) is 81.1 Å². The molecule has 5 aliphatic rings. The molecule has 14 atom stereocenters. The number of fused-ring (bicyclic) bond motifs is 9. The van der Waals surface area contributed by atoms with Gasteiger partial charge in [0.05, 0.1) is 73.6 Å². The summed E-state index contributed by atoms with van der Waals surface area (Å²) in [5.74, 6) is 3.64. The van der Waals surface area contributed by atoms with Gasteiger partial charge in [-0.3, -0.25) is 0 Å². The molecule has 2 aromatic rings. The van der Waals surface area contributed by atoms with E-state index in [9.17, 15) is 4.79 Å². The van der Waals surface area contributed by atoms with Crippen LogP contribution in [-0.2, 0) is 53.5 Å². The summed E-state index contributed by atoms with van der Waals surface area (Å²) in [7, 11) is -0.372. The van der Waals surface area contributed by atoms with Crippen molar-refractivity contribution in [2.24, 2.45) is 11.8 Å². The Kier molecular flexibility index (Phi) is 22.9. The SMILES string of the molecule is C=C1C[C@@H]2C[C@@H]3CCO[C@@H](O3)c3coc(n3)/C=C/C[C@H]3O[C@@H](/C(C)=C/c4coc(C[C@]5(C)C[C@H](OC)C[C@H]([C@@H](/C=C(C)/C=C/[C@@H](CC#C[Si](C)(C)C)OC)O[Si](C(C)C)(C(C)C)C(C)C)O5)n4)[C@H](C)[C@@H](OC(=O)/C=C/C[C@@H](C1)O2)[C@H]3C. The maximum Gasteiger partial charge on any atom is 0.330 e. The van der Waals surface area contributed by atoms with E-state index in [1.807, 2.05) is 31.2 Å². The number of carbonyl (C=O) groups is 1. The van der Waals surface area contributed by atoms with Gasteiger partial charge < -0.3 is 51.2 Å². The average Bonchev–Trinajstić information content (AvgIpc) is 4.20. The first-order valence-electron chi connectivity index (χ1n) is 30.0. The minimum absolute atomic E-state index is 0.0497. The molecule has 14 nitrogen and oxygen atoms in total. The first-order chi connectivity index (χ1) is 38.4. The molecule has 7 heterocycles. The Labute approximate surface area is 487 Å². The van der Waals surface area contributed by atoms with Crippen molar-refractivity contribution in [2.45, 2.75) is 250 Å². The highest BCUT2D eigenvalue weighted by Gasteiger charge is 2.50. The quantitative estimate of drug-likeness (QED) is 0.0515. The molecule has 0 amide bonds. The van der Waals surface area contributed by atoms with Crippen molar-refractivity contribution in [3.63, 3.8) is 0 Å². The number of oxazole rings is 2. The number of hydrogen-bond acceptors (Lipinski definition) is 14. The molecular formula is C65H98N2O12Si2. The van der Waals surface area contributed by atoms with Gasteiger partial charge in [-0.05, 0) is 87.2 Å². The fourth-order valence-corrected chi connectivity index (χ4v) is 19.3. The molecule has 0 N–H and O–H groups in total. The van der Waals surface area contributed by atoms with E-state index >= 15 is 0 Å². The number of methoxy groups -OCH3 is 2. The first kappa shape index (κ1) is 64.6. The second-order valence-corrected chi connectivity index (χ2v) is 36.1. The van der Waals surface area contributed by atoms with Crippen LogP contribution in [0.1, 0.15) is 163 Å². The molecule has 81 heavy (non-hydrogen) atoms. The number of esters is 1. The monoisotopic (exact) mass is 1150 g/mol. The standard InChI is InChI=1S/C65H98N2O12Si2/c1-41(2)81(42(3)4,43(5)6)79-58(33-44(7)26-27-50(69-13)22-20-30-80(15,16)17)57-36-54(70-14)37-65(12,78-57)38-60-66-49(39-72-60)34-46(9)62-48(11)63-47(10)56(76-62)23-19-24-59-67-55(40-73-59)64-71-29-28-52(75-64)35-53-32-45(8)31-51(74-53)21-18-25-61(68)77-63/h18-19,24-27,33-34,39-43,47-48,50-54,56-58,62-64H,8,21-23,28-29,31-32,35-38H2,1-7,9-17H3/b24-19+,25-18+,27-26+,44-33+,46-34+/t47-,48-,50+,51-,52-,53+,54+,56+,57+,58+,62-,63-,64-,65-/m0/s1. The smallest absolute Gasteiger partial charge is 0.330 e. The maximum atomic E-state index is 13.7. The molecule has 448 valence electrons. The van der Waals surface area contributed by atoms with Crippen LogP contribution in [0.4, 0.5) is 0 Å². The van der Waals surface area contributed by atoms with E-state index in [0.717, 1.165) is 36.0 Å². The molecule has 7 rings (SSSR count). The van der Waals surface area contributed by atoms with Crippen LogP contribution in [0.2, 0.25) is 36.3 Å². The fraction of sp³-hybridized carbons (Fsp3) is 0.677. The molecular weight excluding hydrogens is 1060 g/mol. The van der Waals surface area contributed by atoms with E-state index in [4.69, 9.17) is 61.1 Å². The third-order valence-corrected chi connectivity index (χ3v) is 24.1. The summed E-state index contributed by atoms with van der Waals surface area (Å²) >= 11 is 0. The summed E-state index contributed by atoms with van der Waals surface area (Å²) in [6.45, 7) is 36.1. The highest BCUT2D eigenvalue weighted by Crippen LogP contribution is 2.46. The lowest BCUT2D eigenvalue weighted by Crippen LogP contribution is -2.56. The Morgan fingerprint density at radius 1 is 0.901 bits per heavy atom. The van der Waals surface area contributed by atoms with E-state index in [0.29, 0.717) is 91.3 Å². The lowest BCUT2D eigenvalue weighted by Gasteiger charge is -2.49. The van der Waals surface area contributed by atoms with Crippen LogP contribution >= 0.6 is 0 Å². The second-order valence-electron chi connectivity index (χ2n) is 26.0. The molecule has 2 aromatic heterocycles. The summed E-state index contributed by atoms with van der Waals surface area (Å²) in [4.78, 5) is 23.5. The highest BCUT2D eigenvalue weighted by atomic mass is 28.4. The van der Waals surface area contributed by atoms with Crippen LogP contribution < -0.4 is 0 Å². The van der Waals surface area contributed by atoms with Crippen molar-refractivity contribution in [1.29, 1.82) is 0 Å². The fourth-order valence-electron chi connectivity index (χ4n) is 13.1. The Morgan fingerprint density at radius 2 is 1.63 bits per heavy atom. The van der Waals surface area contributed by atoms with Crippen LogP contribution in [0.25, 0.3) is 12.2 Å². The normalized spacial score (nSPS) is 32.0. The van der Waals surface area contributed by atoms with E-state index in [1.165, 1.54) is 0 Å². The van der Waals surface area contributed by atoms with E-state index in [2.05, 4.69) is 125 Å². The molecule has 16 heteroatoms. The predicted molar refractivity (Wildman–Crippen MR) is 323 cm³/mol. The van der Waals surface area contributed by atoms with E-state index in [-0.39, 0.29) is 60.7 Å². The van der Waals surface area contributed by atoms with Crippen molar-refractivity contribution in [3.8, 4) is 11.5 Å². The summed E-state index contributed by atoms with van der Waals surface area (Å²) in [6, 6.07) is 0. The maximum absolute atomic E-state index is 13.7. The van der Waals surface area contributed by atoms with Crippen molar-refractivity contribution in [3.05, 3.63) is 95.4 Å². The van der Waals surface area contributed by atoms with Gasteiger partial charge in [-0.15, -0.1) is 11.5 Å². The van der Waals surface area contributed by atoms with Crippen molar-refractivity contribution in [2.75, 3.05) is 20.8 Å². The molecule has 4 fully saturated rings. The van der Waals surface area contributed by atoms with Crippen LogP contribution in [0, 0.1) is 23.3 Å². The average molecular weight is 1160 g/mol. The first-order valence-corrected chi connectivity index (χ1v) is 35.7. The largest absolute Gasteiger partial charge is 0.458 e. The Hall–Kier alpha value is -4.00. The minimum Gasteiger partial charge on any atom is -0.458 e. The van der Waals surface area contributed by atoms with Gasteiger partial charge in [0, 0.05) is 57.8 Å². The lowest BCUT2D eigenvalue weighted by molar-refractivity contribution is -0.227. The molecule has 5 aliphatic heterocycles. The minimum atomic E-state index is -2.40. The van der Waals surface area contributed by atoms with Crippen molar-refractivity contribution < 1.29 is 55.9 Å². The number of aromatic nitrogens is 2. The molecule has 0 aliphatic carbocycles. The third kappa shape index (κ3) is 17.6. The van der Waals surface area contributed by atoms with E-state index in [1.54, 1.807) is 32.8 Å². The van der Waals surface area contributed by atoms with Crippen LogP contribution in [0.5, 0.6) is 0 Å². The van der Waals surface area contributed by atoms with Gasteiger partial charge in [0.1, 0.15) is 38.1 Å². The molecule has 0 saturated carbocycles. The molecule has 4 saturated heterocycles. The zero-order chi connectivity index (χ0) is 58.8. The van der Waals surface area contributed by atoms with Gasteiger partial charge in [-0.25, -0.2) is 14.8 Å².